The van der Waals surface area contributed by atoms with Crippen molar-refractivity contribution in [2.45, 2.75) is 83.6 Å². The van der Waals surface area contributed by atoms with Gasteiger partial charge in [0.1, 0.15) is 44.9 Å². The van der Waals surface area contributed by atoms with E-state index in [1.165, 1.54) is 52.6 Å². The largest absolute Gasteiger partial charge is 0.497 e. The van der Waals surface area contributed by atoms with Gasteiger partial charge in [0, 0.05) is 54.5 Å². The summed E-state index contributed by atoms with van der Waals surface area (Å²) < 4.78 is 272. The summed E-state index contributed by atoms with van der Waals surface area (Å²) in [5, 5.41) is 6.68. The number of fused-ring (bicyclic) bond motifs is 1. The van der Waals surface area contributed by atoms with Crippen LogP contribution in [0.3, 0.4) is 0 Å². The van der Waals surface area contributed by atoms with Crippen LogP contribution in [-0.2, 0) is 71.9 Å². The molecule has 137 heavy (non-hydrogen) atoms. The molecule has 14 aromatic rings. The van der Waals surface area contributed by atoms with Gasteiger partial charge in [0.15, 0.2) is 94.7 Å². The number of aromatic nitrogens is 13. The van der Waals surface area contributed by atoms with Gasteiger partial charge in [-0.05, 0) is 154 Å². The molecule has 0 unspecified atom stereocenters. The highest BCUT2D eigenvalue weighted by Gasteiger charge is 2.53. The summed E-state index contributed by atoms with van der Waals surface area (Å²) in [5.41, 5.74) is 5.75. The molecular formula is C83H74BCl5F9N17O17S5. The Morgan fingerprint density at radius 3 is 1.31 bits per heavy atom. The molecule has 6 N–H and O–H groups in total. The number of nitrogens with zero attached hydrogens (tertiary/aromatic N) is 12. The summed E-state index contributed by atoms with van der Waals surface area (Å²) >= 11 is 27.8. The number of methoxy groups -OCH3 is 2. The molecule has 1 fully saturated rings. The van der Waals surface area contributed by atoms with Gasteiger partial charge in [0.05, 0.1) is 84.1 Å². The topological polar surface area (TPSA) is 468 Å². The lowest BCUT2D eigenvalue weighted by Crippen LogP contribution is -2.41. The van der Waals surface area contributed by atoms with Gasteiger partial charge in [-0.3, -0.25) is 9.78 Å². The van der Waals surface area contributed by atoms with Gasteiger partial charge >= 0.3 is 7.12 Å². The van der Waals surface area contributed by atoms with E-state index in [0.717, 1.165) is 96.6 Å². The molecule has 6 aromatic carbocycles. The second-order valence-electron chi connectivity index (χ2n) is 29.1. The summed E-state index contributed by atoms with van der Waals surface area (Å²) in [7, 11) is -16.3. The molecule has 0 atom stereocenters. The Morgan fingerprint density at radius 1 is 0.460 bits per heavy atom. The Morgan fingerprint density at radius 2 is 0.876 bits per heavy atom. The molecule has 9 heterocycles. The van der Waals surface area contributed by atoms with E-state index in [1.807, 2.05) is 51.7 Å². The number of hydrogen-bond donors (Lipinski definition) is 5. The van der Waals surface area contributed by atoms with E-state index >= 15 is 0 Å². The molecule has 1 saturated heterocycles. The summed E-state index contributed by atoms with van der Waals surface area (Å²) in [6.45, 7) is 9.92. The molecule has 0 aliphatic carbocycles. The van der Waals surface area contributed by atoms with Crippen LogP contribution < -0.4 is 51.7 Å². The van der Waals surface area contributed by atoms with Crippen LogP contribution >= 0.6 is 58.0 Å². The molecule has 0 bridgehead atoms. The number of anilines is 7. The molecule has 34 nitrogen and oxygen atoms in total. The molecule has 8 aromatic heterocycles. The summed E-state index contributed by atoms with van der Waals surface area (Å²) in [6, 6.07) is 35.1. The zero-order valence-electron chi connectivity index (χ0n) is 72.6. The Kier molecular flexibility index (Phi) is 36.2. The van der Waals surface area contributed by atoms with Gasteiger partial charge in [-0.2, -0.15) is 28.1 Å². The lowest BCUT2D eigenvalue weighted by Gasteiger charge is -2.32. The quantitative estimate of drug-likeness (QED) is 0.0147. The smallest absolute Gasteiger partial charge is 0.497 e. The molecular weight excluding hydrogens is 2030 g/mol. The van der Waals surface area contributed by atoms with Gasteiger partial charge < -0.3 is 49.9 Å². The molecule has 0 saturated carbocycles. The minimum atomic E-state index is -3.89. The first-order valence-corrected chi connectivity index (χ1v) is 49.2. The maximum absolute atomic E-state index is 14.5. The SMILES string of the molecule is COc1ccc(COc2nc(Cl)ncc2F)cc1.COc1ccc(COc2nc(Nc3cccc(S(C)(=O)=O)c3F)ncc2F)cc1.CS(=O)(=O)c1cccc(Nc2ncc(F)c(=O)[nH]2)c1F.CS(=O)(=O)c1cccc(Nc2ncc(F)c(Cl)n2)c1F.CS(=O)(=O)c1nccc(N)c1F.Cc1ccc(S(=O)(=O)n2cc(B3OC(C)(C)C(C)(C)O3)c3ccnc(Cl)c32)cc1.Fc1cnc(Cl)nc1Cl. The van der Waals surface area contributed by atoms with E-state index in [9.17, 15) is 86.4 Å². The fourth-order valence-electron chi connectivity index (χ4n) is 10.9. The molecule has 1 aliphatic heterocycles. The van der Waals surface area contributed by atoms with E-state index < -0.39 is 150 Å². The normalized spacial score (nSPS) is 12.6. The fourth-order valence-corrected chi connectivity index (χ4v) is 16.1. The van der Waals surface area contributed by atoms with Crippen molar-refractivity contribution in [3.63, 3.8) is 0 Å². The molecule has 0 spiro atoms. The number of sulfone groups is 4. The van der Waals surface area contributed by atoms with Crippen molar-refractivity contribution in [3.8, 4) is 23.3 Å². The summed E-state index contributed by atoms with van der Waals surface area (Å²) in [6.07, 6.45) is 12.0. The summed E-state index contributed by atoms with van der Waals surface area (Å²) in [5.74, 6) is -7.55. The monoisotopic (exact) mass is 2100 g/mol. The number of pyridine rings is 2. The second kappa shape index (κ2) is 46.0. The maximum atomic E-state index is 14.5. The van der Waals surface area contributed by atoms with E-state index in [-0.39, 0.29) is 91.3 Å². The van der Waals surface area contributed by atoms with Crippen molar-refractivity contribution in [3.05, 3.63) is 295 Å². The lowest BCUT2D eigenvalue weighted by molar-refractivity contribution is 0.00578. The summed E-state index contributed by atoms with van der Waals surface area (Å²) in [4.78, 5) is 51.3. The number of halogens is 14. The lowest BCUT2D eigenvalue weighted by atomic mass is 9.79. The van der Waals surface area contributed by atoms with Crippen molar-refractivity contribution in [1.29, 1.82) is 0 Å². The van der Waals surface area contributed by atoms with Crippen LogP contribution in [0.2, 0.25) is 26.0 Å². The number of nitrogen functional groups attached to an aromatic ring is 1. The highest BCUT2D eigenvalue weighted by Crippen LogP contribution is 2.39. The third-order valence-electron chi connectivity index (χ3n) is 18.4. The van der Waals surface area contributed by atoms with Gasteiger partial charge in [-0.15, -0.1) is 0 Å². The van der Waals surface area contributed by atoms with Crippen LogP contribution in [-0.4, -0.2) is 163 Å². The van der Waals surface area contributed by atoms with Crippen molar-refractivity contribution in [2.75, 3.05) is 60.9 Å². The fraction of sp³-hybridized carbons (Fsp3) is 0.181. The maximum Gasteiger partial charge on any atom is 0.497 e. The van der Waals surface area contributed by atoms with Crippen LogP contribution in [0.25, 0.3) is 10.9 Å². The third kappa shape index (κ3) is 29.2. The first-order valence-electron chi connectivity index (χ1n) is 38.3. The number of benzene rings is 6. The number of aryl methyl sites for hydroxylation is 1. The Labute approximate surface area is 801 Å². The number of nitrogens with one attached hydrogen (secondary N) is 4. The van der Waals surface area contributed by atoms with Crippen molar-refractivity contribution >= 4 is 171 Å². The number of nitrogens with two attached hydrogens (primary N) is 1. The first kappa shape index (κ1) is 108. The zero-order valence-corrected chi connectivity index (χ0v) is 80.5. The Hall–Kier alpha value is -12.7. The van der Waals surface area contributed by atoms with Crippen LogP contribution in [0, 0.1) is 59.3 Å². The minimum absolute atomic E-state index is 0.0370. The third-order valence-corrected chi connectivity index (χ3v) is 25.6. The van der Waals surface area contributed by atoms with Crippen molar-refractivity contribution in [2.24, 2.45) is 0 Å². The standard InChI is InChI=1S/C20H22BClN2O4S.C19H17F2N3O4S.C12H10ClFN2O2.C11H8ClF2N3O2S.C11H9F2N3O3S.C6H7FN2O2S.C4HCl2FN2/c1-13-6-8-14(9-7-13)29(25,26)24-12-16(15-10-11-23-18(22)17(15)24)21-27-19(2,3)20(4,5)28-21;1-27-13-8-6-12(7-9-13)11-28-18-14(20)10-22-19(24-18)23-15-4-3-5-16(17(15)21)29(2,25)26;1-17-9-4-2-8(3-5-9)7-18-11-10(14)6-15-12(13)16-11;1-20(18,19)8-4-2-3-7(9(8)14)16-11-15-5-6(13)10(12)17-11;1-20(18,19)8-4-2-3-7(9(8)13)15-11-14-5-6(12)10(17)16-11;1-12(10,11)6-5(7)4(8)2-3-9-6;5-3-2(7)1-8-4(6)9-3/h6-12H,1-5H3;3-10H,11H2,1-2H3,(H,22,23,24);2-6H,7H2,1H3;2-5H,1H3,(H,15,16,17);2-5H,1H3,(H2,14,15,16,17);2-3H,1H3,(H2,8,9);1H. The zero-order chi connectivity index (χ0) is 101. The number of hydrogen-bond acceptors (Lipinski definition) is 32. The van der Waals surface area contributed by atoms with Gasteiger partial charge in [-0.25, -0.2) is 112 Å². The van der Waals surface area contributed by atoms with E-state index in [4.69, 9.17) is 92.0 Å². The van der Waals surface area contributed by atoms with Crippen LogP contribution in [0.15, 0.2) is 219 Å². The Bertz CT molecular complexity index is 7420. The molecule has 0 amide bonds. The average Bonchev–Trinajstić information content (AvgIpc) is 1.57. The van der Waals surface area contributed by atoms with Gasteiger partial charge in [0.25, 0.3) is 27.3 Å². The van der Waals surface area contributed by atoms with Crippen molar-refractivity contribution < 1.29 is 110 Å². The van der Waals surface area contributed by atoms with Crippen molar-refractivity contribution in [1.82, 2.24) is 63.8 Å². The van der Waals surface area contributed by atoms with Crippen LogP contribution in [0.5, 0.6) is 23.3 Å². The molecule has 15 rings (SSSR count). The van der Waals surface area contributed by atoms with E-state index in [0.29, 0.717) is 28.3 Å². The molecule has 0 radical (unpaired) electrons. The van der Waals surface area contributed by atoms with Gasteiger partial charge in [-0.1, -0.05) is 95.0 Å². The van der Waals surface area contributed by atoms with E-state index in [2.05, 4.69) is 70.8 Å². The highest BCUT2D eigenvalue weighted by molar-refractivity contribution is 7.91. The first-order chi connectivity index (χ1) is 64.1. The van der Waals surface area contributed by atoms with Crippen LogP contribution in [0.4, 0.5) is 80.1 Å². The minimum Gasteiger partial charge on any atom is -0.497 e. The number of H-pyrrole nitrogens is 1. The van der Waals surface area contributed by atoms with Crippen LogP contribution in [0.1, 0.15) is 44.4 Å². The number of aromatic amines is 1. The highest BCUT2D eigenvalue weighted by atomic mass is 35.5. The number of ether oxygens (including phenoxy) is 4. The molecule has 724 valence electrons. The molecule has 1 aliphatic rings. The average molecular weight is 2100 g/mol. The number of rotatable bonds is 21. The predicted octanol–water partition coefficient (Wildman–Crippen LogP) is 15.8. The van der Waals surface area contributed by atoms with E-state index in [1.54, 1.807) is 87.1 Å². The second-order valence-corrected chi connectivity index (χ2v) is 40.5. The predicted molar refractivity (Wildman–Crippen MR) is 492 cm³/mol. The van der Waals surface area contributed by atoms with Gasteiger partial charge in [0.2, 0.25) is 45.9 Å². The molecule has 54 heteroatoms. The Balaban J connectivity index is 0.000000184.